The van der Waals surface area contributed by atoms with Crippen LogP contribution in [0.2, 0.25) is 0 Å². The zero-order valence-electron chi connectivity index (χ0n) is 28.6. The van der Waals surface area contributed by atoms with E-state index in [0.29, 0.717) is 35.4 Å². The van der Waals surface area contributed by atoms with E-state index in [0.717, 1.165) is 53.6 Å². The van der Waals surface area contributed by atoms with E-state index in [4.69, 9.17) is 0 Å². The van der Waals surface area contributed by atoms with Crippen molar-refractivity contribution in [3.05, 3.63) is 124 Å². The average Bonchev–Trinajstić information content (AvgIpc) is 3.45. The van der Waals surface area contributed by atoms with Crippen LogP contribution in [-0.2, 0) is 25.8 Å². The highest BCUT2D eigenvalue weighted by atomic mass is 19.4. The summed E-state index contributed by atoms with van der Waals surface area (Å²) in [7, 11) is 1.87. The fourth-order valence-electron chi connectivity index (χ4n) is 7.23. The summed E-state index contributed by atoms with van der Waals surface area (Å²) in [6, 6.07) is 9.15. The lowest BCUT2D eigenvalue weighted by Gasteiger charge is -2.43. The van der Waals surface area contributed by atoms with Crippen molar-refractivity contribution >= 4 is 5.57 Å². The van der Waals surface area contributed by atoms with Crippen molar-refractivity contribution < 1.29 is 22.0 Å². The molecule has 0 spiro atoms. The summed E-state index contributed by atoms with van der Waals surface area (Å²) in [4.78, 5) is 0. The van der Waals surface area contributed by atoms with Crippen LogP contribution in [0.25, 0.3) is 5.57 Å². The van der Waals surface area contributed by atoms with Gasteiger partial charge in [-0.3, -0.25) is 0 Å². The number of allylic oxidation sites excluding steroid dienone is 4. The van der Waals surface area contributed by atoms with Crippen LogP contribution in [0.5, 0.6) is 0 Å². The maximum atomic E-state index is 15.0. The molecule has 2 aromatic rings. The van der Waals surface area contributed by atoms with Gasteiger partial charge in [0.1, 0.15) is 0 Å². The van der Waals surface area contributed by atoms with Gasteiger partial charge in [0.2, 0.25) is 0 Å². The zero-order valence-corrected chi connectivity index (χ0v) is 28.6. The molecule has 4 rings (SSSR count). The summed E-state index contributed by atoms with van der Waals surface area (Å²) in [5, 5.41) is 7.50. The molecule has 1 heterocycles. The second-order valence-corrected chi connectivity index (χ2v) is 12.8. The third kappa shape index (κ3) is 7.34. The van der Waals surface area contributed by atoms with Crippen LogP contribution < -0.4 is 5.32 Å². The fraction of sp³-hybridized carbons (Fsp3) is 0.436. The van der Waals surface area contributed by atoms with E-state index >= 15 is 0 Å². The quantitative estimate of drug-likeness (QED) is 0.182. The maximum Gasteiger partial charge on any atom is 0.395 e. The predicted octanol–water partition coefficient (Wildman–Crippen LogP) is 10.0. The van der Waals surface area contributed by atoms with Gasteiger partial charge in [-0.1, -0.05) is 76.4 Å². The summed E-state index contributed by atoms with van der Waals surface area (Å²) in [5.41, 5.74) is 6.61. The lowest BCUT2D eigenvalue weighted by molar-refractivity contribution is -0.159. The topological polar surface area (TPSA) is 18.5 Å². The number of hydrogen-bond donors (Lipinski definition) is 1. The number of rotatable bonds is 12. The Morgan fingerprint density at radius 2 is 1.70 bits per heavy atom. The molecule has 1 aliphatic carbocycles. The van der Waals surface area contributed by atoms with Gasteiger partial charge in [-0.05, 0) is 97.4 Å². The Balaban J connectivity index is 1.69. The molecular weight excluding hydrogens is 605 g/mol. The van der Waals surface area contributed by atoms with Crippen LogP contribution in [0.1, 0.15) is 81.7 Å². The Morgan fingerprint density at radius 3 is 2.32 bits per heavy atom. The van der Waals surface area contributed by atoms with Gasteiger partial charge in [-0.2, -0.15) is 13.2 Å². The number of nitrogens with zero attached hydrogens (tertiary/aromatic N) is 2. The molecule has 0 radical (unpaired) electrons. The van der Waals surface area contributed by atoms with Crippen molar-refractivity contribution in [2.75, 3.05) is 13.6 Å². The van der Waals surface area contributed by atoms with Gasteiger partial charge in [0.05, 0.1) is 11.5 Å². The maximum absolute atomic E-state index is 15.0. The fourth-order valence-corrected chi connectivity index (χ4v) is 7.23. The Labute approximate surface area is 277 Å². The molecule has 1 aliphatic heterocycles. The van der Waals surface area contributed by atoms with Gasteiger partial charge in [0.25, 0.3) is 0 Å². The lowest BCUT2D eigenvalue weighted by Crippen LogP contribution is -2.51. The third-order valence-corrected chi connectivity index (χ3v) is 10.1. The van der Waals surface area contributed by atoms with Gasteiger partial charge >= 0.3 is 6.18 Å². The third-order valence-electron chi connectivity index (χ3n) is 10.1. The van der Waals surface area contributed by atoms with E-state index in [1.165, 1.54) is 12.2 Å². The average molecular weight is 654 g/mol. The normalized spacial score (nSPS) is 21.0. The summed E-state index contributed by atoms with van der Waals surface area (Å²) >= 11 is 0. The molecule has 47 heavy (non-hydrogen) atoms. The zero-order chi connectivity index (χ0) is 34.7. The van der Waals surface area contributed by atoms with E-state index in [1.54, 1.807) is 25.1 Å². The smallest absolute Gasteiger partial charge is 0.355 e. The monoisotopic (exact) mass is 653 g/mol. The number of hydrogen-bond acceptors (Lipinski definition) is 3. The molecule has 0 aromatic heterocycles. The van der Waals surface area contributed by atoms with Crippen LogP contribution in [-0.4, -0.2) is 35.3 Å². The molecule has 3 nitrogen and oxygen atoms in total. The molecule has 2 atom stereocenters. The number of nitrogens with one attached hydrogen (secondary N) is 1. The first-order valence-corrected chi connectivity index (χ1v) is 16.5. The van der Waals surface area contributed by atoms with Gasteiger partial charge < -0.3 is 5.32 Å². The molecule has 0 amide bonds. The summed E-state index contributed by atoms with van der Waals surface area (Å²) < 4.78 is 71.5. The molecular formula is C39H48F5N3. The molecule has 0 bridgehead atoms. The molecule has 254 valence electrons. The number of halogens is 5. The molecule has 1 fully saturated rings. The van der Waals surface area contributed by atoms with Crippen LogP contribution in [0, 0.1) is 17.6 Å². The molecule has 0 saturated carbocycles. The SMILES string of the molecule is C=C/C(C(=C)NC1=C(c2cccc(CC)c2CC)CC(C(F)(F)F)C=C1)=C(/C)C1(C)CCCN1N(C)Cc1ccc(CC)c(F)c1F. The van der Waals surface area contributed by atoms with E-state index < -0.39 is 29.3 Å². The highest BCUT2D eigenvalue weighted by Crippen LogP contribution is 2.42. The first-order valence-electron chi connectivity index (χ1n) is 16.5. The summed E-state index contributed by atoms with van der Waals surface area (Å²) in [5.74, 6) is -3.20. The minimum Gasteiger partial charge on any atom is -0.355 e. The second-order valence-electron chi connectivity index (χ2n) is 12.8. The van der Waals surface area contributed by atoms with Crippen molar-refractivity contribution in [3.8, 4) is 0 Å². The van der Waals surface area contributed by atoms with E-state index in [1.807, 2.05) is 44.1 Å². The Kier molecular flexibility index (Phi) is 11.4. The van der Waals surface area contributed by atoms with Crippen molar-refractivity contribution in [1.82, 2.24) is 15.3 Å². The number of benzene rings is 2. The molecule has 2 aliphatic rings. The molecule has 2 aromatic carbocycles. The molecule has 2 unspecified atom stereocenters. The molecule has 1 saturated heterocycles. The van der Waals surface area contributed by atoms with Crippen molar-refractivity contribution in [2.24, 2.45) is 5.92 Å². The van der Waals surface area contributed by atoms with Gasteiger partial charge in [-0.15, -0.1) is 0 Å². The Morgan fingerprint density at radius 1 is 1.04 bits per heavy atom. The van der Waals surface area contributed by atoms with Gasteiger partial charge in [0, 0.05) is 37.1 Å². The van der Waals surface area contributed by atoms with Crippen LogP contribution in [0.4, 0.5) is 22.0 Å². The van der Waals surface area contributed by atoms with Crippen LogP contribution >= 0.6 is 0 Å². The first-order chi connectivity index (χ1) is 22.2. The minimum absolute atomic E-state index is 0.172. The van der Waals surface area contributed by atoms with Gasteiger partial charge in [-0.25, -0.2) is 18.8 Å². The summed E-state index contributed by atoms with van der Waals surface area (Å²) in [6.07, 6.45) is 3.56. The number of hydrazine groups is 1. The van der Waals surface area contributed by atoms with Crippen LogP contribution in [0.3, 0.4) is 0 Å². The predicted molar refractivity (Wildman–Crippen MR) is 182 cm³/mol. The Bertz CT molecular complexity index is 1600. The standard InChI is InChI=1S/C39H48F5N3/c1-9-27-15-13-16-33(32(27)12-4)34-23-30(39(42,43)44)19-20-35(34)45-26(6)31(11-3)25(5)38(7)21-14-22-47(38)46(8)24-29-18-17-28(10-2)36(40)37(29)41/h11,13,15-20,30,45H,3,6,9-10,12,14,21-24H2,1-2,4-5,7-8H3/b31-25+. The summed E-state index contributed by atoms with van der Waals surface area (Å²) in [6.45, 7) is 19.3. The highest BCUT2D eigenvalue weighted by Gasteiger charge is 2.42. The number of alkyl halides is 3. The molecule has 8 heteroatoms. The number of aryl methyl sites for hydroxylation is 2. The van der Waals surface area contributed by atoms with E-state index in [9.17, 15) is 22.0 Å². The van der Waals surface area contributed by atoms with Crippen LogP contribution in [0.15, 0.2) is 84.3 Å². The van der Waals surface area contributed by atoms with Gasteiger partial charge in [0.15, 0.2) is 11.6 Å². The lowest BCUT2D eigenvalue weighted by atomic mass is 9.83. The Hall–Kier alpha value is -3.49. The van der Waals surface area contributed by atoms with E-state index in [2.05, 4.69) is 37.3 Å². The first kappa shape index (κ1) is 36.3. The van der Waals surface area contributed by atoms with Crippen molar-refractivity contribution in [2.45, 2.75) is 91.4 Å². The highest BCUT2D eigenvalue weighted by molar-refractivity contribution is 5.76. The van der Waals surface area contributed by atoms with Crippen molar-refractivity contribution in [1.29, 1.82) is 0 Å². The van der Waals surface area contributed by atoms with Crippen molar-refractivity contribution in [3.63, 3.8) is 0 Å². The second kappa shape index (κ2) is 14.7. The minimum atomic E-state index is -4.36. The largest absolute Gasteiger partial charge is 0.395 e. The van der Waals surface area contributed by atoms with E-state index in [-0.39, 0.29) is 18.5 Å². The molecule has 1 N–H and O–H groups in total.